The van der Waals surface area contributed by atoms with Gasteiger partial charge in [-0.05, 0) is 38.0 Å². The van der Waals surface area contributed by atoms with Crippen LogP contribution >= 0.6 is 11.6 Å². The van der Waals surface area contributed by atoms with Gasteiger partial charge in [0.15, 0.2) is 0 Å². The fourth-order valence-corrected chi connectivity index (χ4v) is 3.44. The molecular weight excluding hydrogens is 314 g/mol. The van der Waals surface area contributed by atoms with Crippen molar-refractivity contribution in [1.82, 2.24) is 19.8 Å². The number of carbonyl (C=O) groups excluding carboxylic acids is 1. The number of imidazole rings is 1. The van der Waals surface area contributed by atoms with Crippen LogP contribution in [0.15, 0.2) is 18.2 Å². The number of hydrogen-bond acceptors (Lipinski definition) is 3. The summed E-state index contributed by atoms with van der Waals surface area (Å²) in [6, 6.07) is 5.92. The summed E-state index contributed by atoms with van der Waals surface area (Å²) in [6.07, 6.45) is 1.81. The lowest BCUT2D eigenvalue weighted by Crippen LogP contribution is -2.47. The Morgan fingerprint density at radius 2 is 2.13 bits per heavy atom. The van der Waals surface area contributed by atoms with Crippen molar-refractivity contribution in [1.29, 1.82) is 0 Å². The average molecular weight is 336 g/mol. The molecule has 0 saturated carbocycles. The molecule has 1 aliphatic rings. The number of rotatable bonds is 3. The minimum atomic E-state index is -0.330. The van der Waals surface area contributed by atoms with Crippen LogP contribution in [-0.4, -0.2) is 39.6 Å². The fourth-order valence-electron chi connectivity index (χ4n) is 3.27. The predicted molar refractivity (Wildman–Crippen MR) is 91.5 cm³/mol. The first-order valence-corrected chi connectivity index (χ1v) is 8.26. The van der Waals surface area contributed by atoms with Gasteiger partial charge in [-0.15, -0.1) is 0 Å². The van der Waals surface area contributed by atoms with Crippen LogP contribution in [0, 0.1) is 0 Å². The largest absolute Gasteiger partial charge is 0.351 e. The number of piperidine rings is 1. The molecule has 1 fully saturated rings. The topological polar surface area (TPSA) is 76.2 Å². The van der Waals surface area contributed by atoms with E-state index >= 15 is 0 Å². The van der Waals surface area contributed by atoms with Crippen molar-refractivity contribution in [2.75, 3.05) is 13.1 Å². The Labute approximate surface area is 140 Å². The predicted octanol–water partition coefficient (Wildman–Crippen LogP) is 2.42. The smallest absolute Gasteiger partial charge is 0.314 e. The summed E-state index contributed by atoms with van der Waals surface area (Å²) in [4.78, 5) is 17.6. The standard InChI is InChI=1S/C16H22ClN5O/c1-10(19-12-5-7-22(8-6-12)16(18)23)15-20-13-9-11(17)3-4-14(13)21(15)2/h3-4,9-10,12,19H,5-8H2,1-2H3,(H2,18,23)/t10-/m1/s1. The summed E-state index contributed by atoms with van der Waals surface area (Å²) in [7, 11) is 2.02. The average Bonchev–Trinajstić information content (AvgIpc) is 2.84. The van der Waals surface area contributed by atoms with E-state index < -0.39 is 0 Å². The van der Waals surface area contributed by atoms with E-state index in [0.29, 0.717) is 24.2 Å². The molecule has 1 atom stereocenters. The van der Waals surface area contributed by atoms with Gasteiger partial charge < -0.3 is 20.5 Å². The molecule has 0 radical (unpaired) electrons. The maximum atomic E-state index is 11.2. The van der Waals surface area contributed by atoms with Crippen LogP contribution in [0.3, 0.4) is 0 Å². The zero-order chi connectivity index (χ0) is 16.6. The molecular formula is C16H22ClN5O. The number of carbonyl (C=O) groups is 1. The van der Waals surface area contributed by atoms with E-state index in [1.165, 1.54) is 0 Å². The highest BCUT2D eigenvalue weighted by molar-refractivity contribution is 6.31. The number of nitrogens with one attached hydrogen (secondary N) is 1. The molecule has 2 heterocycles. The zero-order valence-electron chi connectivity index (χ0n) is 13.4. The molecule has 1 aromatic heterocycles. The Bertz CT molecular complexity index is 721. The number of nitrogens with zero attached hydrogens (tertiary/aromatic N) is 3. The van der Waals surface area contributed by atoms with Crippen molar-refractivity contribution in [3.05, 3.63) is 29.0 Å². The maximum Gasteiger partial charge on any atom is 0.314 e. The fraction of sp³-hybridized carbons (Fsp3) is 0.500. The Morgan fingerprint density at radius 1 is 1.43 bits per heavy atom. The van der Waals surface area contributed by atoms with Crippen LogP contribution in [-0.2, 0) is 7.05 Å². The second-order valence-corrected chi connectivity index (χ2v) is 6.59. The molecule has 23 heavy (non-hydrogen) atoms. The van der Waals surface area contributed by atoms with Crippen molar-refractivity contribution < 1.29 is 4.79 Å². The molecule has 1 aliphatic heterocycles. The highest BCUT2D eigenvalue weighted by Gasteiger charge is 2.24. The van der Waals surface area contributed by atoms with E-state index in [1.54, 1.807) is 4.90 Å². The molecule has 6 nitrogen and oxygen atoms in total. The molecule has 0 unspecified atom stereocenters. The lowest BCUT2D eigenvalue weighted by Gasteiger charge is -2.32. The number of aromatic nitrogens is 2. The minimum absolute atomic E-state index is 0.122. The molecule has 124 valence electrons. The Morgan fingerprint density at radius 3 is 2.78 bits per heavy atom. The van der Waals surface area contributed by atoms with Crippen molar-refractivity contribution in [3.8, 4) is 0 Å². The number of likely N-dealkylation sites (tertiary alicyclic amines) is 1. The summed E-state index contributed by atoms with van der Waals surface area (Å²) in [5.41, 5.74) is 7.30. The molecule has 0 bridgehead atoms. The van der Waals surface area contributed by atoms with Crippen molar-refractivity contribution in [3.63, 3.8) is 0 Å². The second kappa shape index (κ2) is 6.37. The number of urea groups is 1. The minimum Gasteiger partial charge on any atom is -0.351 e. The Kier molecular flexibility index (Phi) is 4.46. The van der Waals surface area contributed by atoms with Crippen LogP contribution in [0.25, 0.3) is 11.0 Å². The third-order valence-electron chi connectivity index (χ3n) is 4.56. The molecule has 0 aliphatic carbocycles. The summed E-state index contributed by atoms with van der Waals surface area (Å²) < 4.78 is 2.10. The summed E-state index contributed by atoms with van der Waals surface area (Å²) >= 11 is 6.05. The first kappa shape index (κ1) is 16.1. The quantitative estimate of drug-likeness (QED) is 0.904. The summed E-state index contributed by atoms with van der Waals surface area (Å²) in [5.74, 6) is 0.986. The number of fused-ring (bicyclic) bond motifs is 1. The highest BCUT2D eigenvalue weighted by Crippen LogP contribution is 2.23. The third-order valence-corrected chi connectivity index (χ3v) is 4.79. The second-order valence-electron chi connectivity index (χ2n) is 6.15. The molecule has 2 amide bonds. The van der Waals surface area contributed by atoms with Crippen LogP contribution in [0.4, 0.5) is 4.79 Å². The molecule has 2 aromatic rings. The SMILES string of the molecule is C[C@@H](NC1CCN(C(N)=O)CC1)c1nc2cc(Cl)ccc2n1C. The molecule has 3 N–H and O–H groups in total. The number of halogens is 1. The first-order chi connectivity index (χ1) is 11.0. The van der Waals surface area contributed by atoms with Gasteiger partial charge in [0.1, 0.15) is 5.82 Å². The van der Waals surface area contributed by atoms with Gasteiger partial charge in [-0.3, -0.25) is 0 Å². The van der Waals surface area contributed by atoms with Crippen LogP contribution in [0.2, 0.25) is 5.02 Å². The molecule has 3 rings (SSSR count). The van der Waals surface area contributed by atoms with E-state index in [4.69, 9.17) is 22.3 Å². The van der Waals surface area contributed by atoms with Gasteiger partial charge >= 0.3 is 6.03 Å². The molecule has 7 heteroatoms. The Hall–Kier alpha value is -1.79. The maximum absolute atomic E-state index is 11.2. The van der Waals surface area contributed by atoms with E-state index in [-0.39, 0.29) is 12.1 Å². The number of primary amides is 1. The molecule has 1 saturated heterocycles. The van der Waals surface area contributed by atoms with E-state index in [1.807, 2.05) is 25.2 Å². The van der Waals surface area contributed by atoms with Gasteiger partial charge in [-0.1, -0.05) is 11.6 Å². The van der Waals surface area contributed by atoms with Gasteiger partial charge in [0.05, 0.1) is 17.1 Å². The number of benzene rings is 1. The van der Waals surface area contributed by atoms with Crippen LogP contribution in [0.1, 0.15) is 31.6 Å². The van der Waals surface area contributed by atoms with Crippen molar-refractivity contribution in [2.24, 2.45) is 12.8 Å². The summed E-state index contributed by atoms with van der Waals surface area (Å²) in [5, 5.41) is 4.31. The van der Waals surface area contributed by atoms with Gasteiger partial charge in [-0.25, -0.2) is 9.78 Å². The van der Waals surface area contributed by atoms with E-state index in [0.717, 1.165) is 29.7 Å². The molecule has 0 spiro atoms. The lowest BCUT2D eigenvalue weighted by molar-refractivity contribution is 0.182. The number of aryl methyl sites for hydroxylation is 1. The van der Waals surface area contributed by atoms with Gasteiger partial charge in [0.25, 0.3) is 0 Å². The third kappa shape index (κ3) is 3.28. The monoisotopic (exact) mass is 335 g/mol. The van der Waals surface area contributed by atoms with E-state index in [2.05, 4.69) is 16.8 Å². The van der Waals surface area contributed by atoms with Crippen LogP contribution < -0.4 is 11.1 Å². The number of amides is 2. The van der Waals surface area contributed by atoms with Gasteiger partial charge in [0.2, 0.25) is 0 Å². The molecule has 1 aromatic carbocycles. The lowest BCUT2D eigenvalue weighted by atomic mass is 10.0. The number of hydrogen-bond donors (Lipinski definition) is 2. The summed E-state index contributed by atoms with van der Waals surface area (Å²) in [6.45, 7) is 3.53. The zero-order valence-corrected chi connectivity index (χ0v) is 14.2. The van der Waals surface area contributed by atoms with Crippen molar-refractivity contribution in [2.45, 2.75) is 31.8 Å². The highest BCUT2D eigenvalue weighted by atomic mass is 35.5. The van der Waals surface area contributed by atoms with Gasteiger partial charge in [-0.2, -0.15) is 0 Å². The first-order valence-electron chi connectivity index (χ1n) is 7.88. The Balaban J connectivity index is 1.70. The van der Waals surface area contributed by atoms with Crippen LogP contribution in [0.5, 0.6) is 0 Å². The van der Waals surface area contributed by atoms with Crippen molar-refractivity contribution >= 4 is 28.7 Å². The van der Waals surface area contributed by atoms with Gasteiger partial charge in [0, 0.05) is 31.2 Å². The van der Waals surface area contributed by atoms with E-state index in [9.17, 15) is 4.79 Å². The normalized spacial score (nSPS) is 17.6. The number of nitrogens with two attached hydrogens (primary N) is 1.